The first-order valence-corrected chi connectivity index (χ1v) is 5.55. The molecule has 0 N–H and O–H groups in total. The minimum absolute atomic E-state index is 0.599. The topological polar surface area (TPSA) is 43.1 Å². The van der Waals surface area contributed by atoms with Crippen LogP contribution in [-0.2, 0) is 0 Å². The first kappa shape index (κ1) is 9.47. The molecule has 1 aromatic carbocycles. The fraction of sp³-hybridized carbons (Fsp3) is 0. The summed E-state index contributed by atoms with van der Waals surface area (Å²) >= 11 is 3.35. The number of halogens is 1. The largest absolute Gasteiger partial charge is 0.252 e. The highest BCUT2D eigenvalue weighted by Crippen LogP contribution is 2.15. The zero-order chi connectivity index (χ0) is 11.0. The normalized spacial score (nSPS) is 10.8. The molecule has 0 amide bonds. The predicted octanol–water partition coefficient (Wildman–Crippen LogP) is 2.55. The lowest BCUT2D eigenvalue weighted by molar-refractivity contribution is 0.936. The van der Waals surface area contributed by atoms with Gasteiger partial charge in [0.15, 0.2) is 5.82 Å². The summed E-state index contributed by atoms with van der Waals surface area (Å²) in [6.45, 7) is 0. The third-order valence-corrected chi connectivity index (χ3v) is 2.60. The highest BCUT2D eigenvalue weighted by Gasteiger charge is 2.06. The Labute approximate surface area is 100 Å². The molecule has 0 saturated carbocycles. The molecule has 78 valence electrons. The van der Waals surface area contributed by atoms with Crippen molar-refractivity contribution < 1.29 is 0 Å². The van der Waals surface area contributed by atoms with Gasteiger partial charge >= 0.3 is 0 Å². The van der Waals surface area contributed by atoms with Crippen molar-refractivity contribution in [1.82, 2.24) is 19.6 Å². The van der Waals surface area contributed by atoms with Gasteiger partial charge in [0.05, 0.1) is 4.47 Å². The van der Waals surface area contributed by atoms with Crippen LogP contribution >= 0.6 is 15.9 Å². The number of nitrogens with zero attached hydrogens (tertiary/aromatic N) is 4. The molecule has 0 aliphatic heterocycles. The summed E-state index contributed by atoms with van der Waals surface area (Å²) in [6.07, 6.45) is 3.54. The van der Waals surface area contributed by atoms with Gasteiger partial charge in [0, 0.05) is 18.0 Å². The lowest BCUT2D eigenvalue weighted by atomic mass is 10.2. The Morgan fingerprint density at radius 1 is 1.12 bits per heavy atom. The monoisotopic (exact) mass is 274 g/mol. The van der Waals surface area contributed by atoms with Crippen LogP contribution in [0.1, 0.15) is 0 Å². The summed E-state index contributed by atoms with van der Waals surface area (Å²) in [6, 6.07) is 9.84. The molecule has 0 unspecified atom stereocenters. The van der Waals surface area contributed by atoms with Crippen molar-refractivity contribution in [2.24, 2.45) is 0 Å². The van der Waals surface area contributed by atoms with E-state index in [0.29, 0.717) is 11.6 Å². The Kier molecular flexibility index (Phi) is 2.18. The van der Waals surface area contributed by atoms with Crippen LogP contribution in [0.2, 0.25) is 0 Å². The van der Waals surface area contributed by atoms with Gasteiger partial charge < -0.3 is 0 Å². The van der Waals surface area contributed by atoms with E-state index in [1.165, 1.54) is 0 Å². The number of fused-ring (bicyclic) bond motifs is 1. The zero-order valence-electron chi connectivity index (χ0n) is 8.21. The second-order valence-corrected chi connectivity index (χ2v) is 4.23. The van der Waals surface area contributed by atoms with Crippen LogP contribution in [0.4, 0.5) is 0 Å². The minimum atomic E-state index is 0.599. The lowest BCUT2D eigenvalue weighted by Crippen LogP contribution is -1.89. The third kappa shape index (κ3) is 1.59. The van der Waals surface area contributed by atoms with Gasteiger partial charge in [-0.25, -0.2) is 9.50 Å². The summed E-state index contributed by atoms with van der Waals surface area (Å²) in [7, 11) is 0. The molecule has 2 heterocycles. The van der Waals surface area contributed by atoms with Crippen LogP contribution in [0.5, 0.6) is 0 Å². The second kappa shape index (κ2) is 3.68. The van der Waals surface area contributed by atoms with E-state index in [1.807, 2.05) is 36.5 Å². The van der Waals surface area contributed by atoms with Crippen molar-refractivity contribution >= 4 is 21.7 Å². The molecule has 0 aliphatic carbocycles. The molecule has 2 aromatic heterocycles. The maximum Gasteiger partial charge on any atom is 0.252 e. The number of benzene rings is 1. The smallest absolute Gasteiger partial charge is 0.218 e. The van der Waals surface area contributed by atoms with Crippen LogP contribution in [0, 0.1) is 0 Å². The van der Waals surface area contributed by atoms with Crippen molar-refractivity contribution in [3.05, 3.63) is 47.2 Å². The van der Waals surface area contributed by atoms with Crippen molar-refractivity contribution in [3.63, 3.8) is 0 Å². The van der Waals surface area contributed by atoms with Gasteiger partial charge in [-0.05, 0) is 15.9 Å². The number of rotatable bonds is 1. The molecule has 3 rings (SSSR count). The molecule has 0 fully saturated rings. The molecule has 0 aliphatic rings. The van der Waals surface area contributed by atoms with Gasteiger partial charge in [-0.2, -0.15) is 4.98 Å². The molecule has 0 bridgehead atoms. The molecule has 0 spiro atoms. The Bertz CT molecular complexity index is 633. The van der Waals surface area contributed by atoms with E-state index >= 15 is 0 Å². The number of hydrogen-bond acceptors (Lipinski definition) is 3. The summed E-state index contributed by atoms with van der Waals surface area (Å²) < 4.78 is 2.54. The van der Waals surface area contributed by atoms with E-state index in [0.717, 1.165) is 10.0 Å². The molecule has 5 heteroatoms. The average Bonchev–Trinajstić information content (AvgIpc) is 2.73. The van der Waals surface area contributed by atoms with Crippen LogP contribution in [0.15, 0.2) is 47.2 Å². The fourth-order valence-electron chi connectivity index (χ4n) is 1.47. The SMILES string of the molecule is Brc1cnc2nc(-c3ccccc3)nn2c1. The van der Waals surface area contributed by atoms with E-state index in [4.69, 9.17) is 0 Å². The molecule has 3 aromatic rings. The Hall–Kier alpha value is -1.75. The number of hydrogen-bond donors (Lipinski definition) is 0. The van der Waals surface area contributed by atoms with Crippen molar-refractivity contribution in [2.45, 2.75) is 0 Å². The Balaban J connectivity index is 2.19. The Morgan fingerprint density at radius 2 is 1.94 bits per heavy atom. The van der Waals surface area contributed by atoms with Crippen molar-refractivity contribution in [3.8, 4) is 11.4 Å². The molecule has 0 atom stereocenters. The van der Waals surface area contributed by atoms with Crippen molar-refractivity contribution in [2.75, 3.05) is 0 Å². The highest BCUT2D eigenvalue weighted by atomic mass is 79.9. The first-order valence-electron chi connectivity index (χ1n) is 4.76. The lowest BCUT2D eigenvalue weighted by Gasteiger charge is -1.91. The van der Waals surface area contributed by atoms with E-state index in [1.54, 1.807) is 10.7 Å². The maximum atomic E-state index is 4.36. The molecule has 0 saturated heterocycles. The minimum Gasteiger partial charge on any atom is -0.218 e. The van der Waals surface area contributed by atoms with Gasteiger partial charge in [0.2, 0.25) is 0 Å². The molecule has 4 nitrogen and oxygen atoms in total. The average molecular weight is 275 g/mol. The van der Waals surface area contributed by atoms with Gasteiger partial charge in [-0.3, -0.25) is 0 Å². The van der Waals surface area contributed by atoms with Crippen LogP contribution in [-0.4, -0.2) is 19.6 Å². The van der Waals surface area contributed by atoms with E-state index in [-0.39, 0.29) is 0 Å². The van der Waals surface area contributed by atoms with Crippen LogP contribution < -0.4 is 0 Å². The van der Waals surface area contributed by atoms with Crippen LogP contribution in [0.3, 0.4) is 0 Å². The fourth-order valence-corrected chi connectivity index (χ4v) is 1.77. The van der Waals surface area contributed by atoms with E-state index < -0.39 is 0 Å². The standard InChI is InChI=1S/C11H7BrN4/c12-9-6-13-11-14-10(15-16(11)7-9)8-4-2-1-3-5-8/h1-7H. The Morgan fingerprint density at radius 3 is 2.75 bits per heavy atom. The van der Waals surface area contributed by atoms with E-state index in [9.17, 15) is 0 Å². The quantitative estimate of drug-likeness (QED) is 0.685. The molecular weight excluding hydrogens is 268 g/mol. The van der Waals surface area contributed by atoms with Crippen molar-refractivity contribution in [1.29, 1.82) is 0 Å². The summed E-state index contributed by atoms with van der Waals surface area (Å²) in [5.41, 5.74) is 0.990. The van der Waals surface area contributed by atoms with E-state index in [2.05, 4.69) is 31.0 Å². The molecular formula is C11H7BrN4. The second-order valence-electron chi connectivity index (χ2n) is 3.32. The summed E-state index contributed by atoms with van der Waals surface area (Å²) in [5, 5.41) is 4.36. The molecule has 0 radical (unpaired) electrons. The predicted molar refractivity (Wildman–Crippen MR) is 63.9 cm³/mol. The third-order valence-electron chi connectivity index (χ3n) is 2.19. The van der Waals surface area contributed by atoms with Gasteiger partial charge in [0.1, 0.15) is 0 Å². The van der Waals surface area contributed by atoms with Gasteiger partial charge in [0.25, 0.3) is 5.78 Å². The molecule has 16 heavy (non-hydrogen) atoms. The zero-order valence-corrected chi connectivity index (χ0v) is 9.79. The highest BCUT2D eigenvalue weighted by molar-refractivity contribution is 9.10. The maximum absolute atomic E-state index is 4.36. The van der Waals surface area contributed by atoms with Gasteiger partial charge in [-0.1, -0.05) is 30.3 Å². The summed E-state index contributed by atoms with van der Waals surface area (Å²) in [4.78, 5) is 8.51. The van der Waals surface area contributed by atoms with Gasteiger partial charge in [-0.15, -0.1) is 5.10 Å². The van der Waals surface area contributed by atoms with Crippen LogP contribution in [0.25, 0.3) is 17.2 Å². The summed E-state index contributed by atoms with van der Waals surface area (Å²) in [5.74, 6) is 1.29. The first-order chi connectivity index (χ1) is 7.83. The number of aromatic nitrogens is 4.